The van der Waals surface area contributed by atoms with Crippen molar-refractivity contribution in [3.05, 3.63) is 35.4 Å². The molecule has 1 saturated carbocycles. The van der Waals surface area contributed by atoms with Crippen molar-refractivity contribution in [3.63, 3.8) is 0 Å². The van der Waals surface area contributed by atoms with Crippen LogP contribution in [0.15, 0.2) is 24.3 Å². The minimum absolute atomic E-state index is 0.120. The number of nitrogens with two attached hydrogens (primary N) is 1. The molecule has 2 heteroatoms. The van der Waals surface area contributed by atoms with E-state index in [1.165, 1.54) is 12.0 Å². The summed E-state index contributed by atoms with van der Waals surface area (Å²) in [5, 5.41) is 9.46. The second-order valence-electron chi connectivity index (χ2n) is 4.31. The molecule has 1 unspecified atom stereocenters. The summed E-state index contributed by atoms with van der Waals surface area (Å²) in [6, 6.07) is 8.01. The molecule has 1 atom stereocenters. The Hall–Kier alpha value is -0.860. The van der Waals surface area contributed by atoms with Crippen LogP contribution in [0.2, 0.25) is 0 Å². The van der Waals surface area contributed by atoms with Crippen molar-refractivity contribution >= 4 is 0 Å². The van der Waals surface area contributed by atoms with Crippen molar-refractivity contribution in [1.29, 1.82) is 0 Å². The highest BCUT2D eigenvalue weighted by Gasteiger charge is 2.34. The summed E-state index contributed by atoms with van der Waals surface area (Å²) in [6.07, 6.45) is 2.95. The molecule has 0 bridgehead atoms. The Morgan fingerprint density at radius 1 is 1.43 bits per heavy atom. The Labute approximate surface area is 84.7 Å². The number of aliphatic hydroxyl groups excluding tert-OH is 1. The van der Waals surface area contributed by atoms with E-state index in [2.05, 4.69) is 6.07 Å². The average molecular weight is 191 g/mol. The van der Waals surface area contributed by atoms with E-state index >= 15 is 0 Å². The van der Waals surface area contributed by atoms with Gasteiger partial charge >= 0.3 is 0 Å². The smallest absolute Gasteiger partial charge is 0.0762 e. The van der Waals surface area contributed by atoms with Crippen LogP contribution in [0.3, 0.4) is 0 Å². The van der Waals surface area contributed by atoms with Crippen molar-refractivity contribution in [2.45, 2.75) is 37.8 Å². The lowest BCUT2D eigenvalue weighted by Gasteiger charge is -2.38. The Morgan fingerprint density at radius 2 is 2.14 bits per heavy atom. The lowest BCUT2D eigenvalue weighted by Crippen LogP contribution is -2.43. The third-order valence-electron chi connectivity index (χ3n) is 3.19. The molecular formula is C12H17NO. The van der Waals surface area contributed by atoms with Gasteiger partial charge in [-0.15, -0.1) is 0 Å². The van der Waals surface area contributed by atoms with Gasteiger partial charge < -0.3 is 10.8 Å². The minimum Gasteiger partial charge on any atom is -0.389 e. The molecular weight excluding hydrogens is 174 g/mol. The maximum atomic E-state index is 9.46. The summed E-state index contributed by atoms with van der Waals surface area (Å²) in [4.78, 5) is 0. The van der Waals surface area contributed by atoms with E-state index in [0.717, 1.165) is 18.4 Å². The molecule has 0 spiro atoms. The summed E-state index contributed by atoms with van der Waals surface area (Å²) in [5.74, 6) is 0. The van der Waals surface area contributed by atoms with Crippen molar-refractivity contribution in [2.24, 2.45) is 5.73 Å². The molecule has 0 radical (unpaired) electrons. The highest BCUT2D eigenvalue weighted by atomic mass is 16.3. The van der Waals surface area contributed by atoms with Crippen LogP contribution in [0.4, 0.5) is 0 Å². The number of hydrogen-bond acceptors (Lipinski definition) is 2. The fraction of sp³-hybridized carbons (Fsp3) is 0.500. The Bertz CT molecular complexity index is 329. The molecule has 0 aliphatic heterocycles. The van der Waals surface area contributed by atoms with Crippen LogP contribution in [0, 0.1) is 0 Å². The van der Waals surface area contributed by atoms with E-state index in [4.69, 9.17) is 5.73 Å². The molecule has 1 aromatic rings. The number of rotatable bonds is 2. The van der Waals surface area contributed by atoms with Crippen LogP contribution in [0.1, 0.15) is 43.4 Å². The molecule has 2 rings (SSSR count). The summed E-state index contributed by atoms with van der Waals surface area (Å²) < 4.78 is 0. The SMILES string of the molecule is CC(O)c1cccc(C2(N)CCC2)c1. The van der Waals surface area contributed by atoms with Gasteiger partial charge in [-0.05, 0) is 37.3 Å². The maximum Gasteiger partial charge on any atom is 0.0762 e. The molecule has 0 aromatic heterocycles. The fourth-order valence-electron chi connectivity index (χ4n) is 1.95. The largest absolute Gasteiger partial charge is 0.389 e. The zero-order valence-corrected chi connectivity index (χ0v) is 8.53. The van der Waals surface area contributed by atoms with Crippen molar-refractivity contribution in [2.75, 3.05) is 0 Å². The van der Waals surface area contributed by atoms with Gasteiger partial charge in [-0.2, -0.15) is 0 Å². The Morgan fingerprint density at radius 3 is 2.64 bits per heavy atom. The second kappa shape index (κ2) is 3.37. The van der Waals surface area contributed by atoms with Crippen LogP contribution in [-0.2, 0) is 5.54 Å². The molecule has 3 N–H and O–H groups in total. The molecule has 1 fully saturated rings. The number of aliphatic hydroxyl groups is 1. The highest BCUT2D eigenvalue weighted by molar-refractivity contribution is 5.31. The predicted molar refractivity (Wildman–Crippen MR) is 56.8 cm³/mol. The molecule has 76 valence electrons. The van der Waals surface area contributed by atoms with Gasteiger partial charge in [0.2, 0.25) is 0 Å². The second-order valence-corrected chi connectivity index (χ2v) is 4.31. The van der Waals surface area contributed by atoms with Crippen LogP contribution >= 0.6 is 0 Å². The van der Waals surface area contributed by atoms with E-state index in [9.17, 15) is 5.11 Å². The lowest BCUT2D eigenvalue weighted by molar-refractivity contribution is 0.198. The lowest BCUT2D eigenvalue weighted by atomic mass is 9.72. The minimum atomic E-state index is -0.404. The normalized spacial score (nSPS) is 21.4. The first-order valence-electron chi connectivity index (χ1n) is 5.19. The van der Waals surface area contributed by atoms with E-state index in [1.54, 1.807) is 6.92 Å². The van der Waals surface area contributed by atoms with Gasteiger partial charge in [0.15, 0.2) is 0 Å². The third-order valence-corrected chi connectivity index (χ3v) is 3.19. The first-order chi connectivity index (χ1) is 6.62. The van der Waals surface area contributed by atoms with E-state index < -0.39 is 6.10 Å². The highest BCUT2D eigenvalue weighted by Crippen LogP contribution is 2.39. The first-order valence-corrected chi connectivity index (χ1v) is 5.19. The zero-order chi connectivity index (χ0) is 10.2. The van der Waals surface area contributed by atoms with E-state index in [-0.39, 0.29) is 5.54 Å². The van der Waals surface area contributed by atoms with Crippen molar-refractivity contribution in [1.82, 2.24) is 0 Å². The van der Waals surface area contributed by atoms with Crippen molar-refractivity contribution < 1.29 is 5.11 Å². The van der Waals surface area contributed by atoms with E-state index in [0.29, 0.717) is 0 Å². The predicted octanol–water partition coefficient (Wildman–Crippen LogP) is 2.08. The number of benzene rings is 1. The van der Waals surface area contributed by atoms with Gasteiger partial charge in [-0.1, -0.05) is 24.3 Å². The maximum absolute atomic E-state index is 9.46. The molecule has 0 amide bonds. The van der Waals surface area contributed by atoms with Crippen molar-refractivity contribution in [3.8, 4) is 0 Å². The van der Waals surface area contributed by atoms with Crippen LogP contribution < -0.4 is 5.73 Å². The summed E-state index contributed by atoms with van der Waals surface area (Å²) in [7, 11) is 0. The third kappa shape index (κ3) is 1.56. The topological polar surface area (TPSA) is 46.2 Å². The summed E-state index contributed by atoms with van der Waals surface area (Å²) in [6.45, 7) is 1.78. The molecule has 0 saturated heterocycles. The Balaban J connectivity index is 2.30. The van der Waals surface area contributed by atoms with Gasteiger partial charge in [0.1, 0.15) is 0 Å². The summed E-state index contributed by atoms with van der Waals surface area (Å²) in [5.41, 5.74) is 8.22. The molecule has 0 heterocycles. The van der Waals surface area contributed by atoms with Crippen LogP contribution in [0.5, 0.6) is 0 Å². The standard InChI is InChI=1S/C12H17NO/c1-9(14)10-4-2-5-11(8-10)12(13)6-3-7-12/h2,4-5,8-9,14H,3,6-7,13H2,1H3. The van der Waals surface area contributed by atoms with Gasteiger partial charge in [0, 0.05) is 5.54 Å². The summed E-state index contributed by atoms with van der Waals surface area (Å²) >= 11 is 0. The van der Waals surface area contributed by atoms with Gasteiger partial charge in [0.05, 0.1) is 6.10 Å². The first kappa shape index (κ1) is 9.69. The van der Waals surface area contributed by atoms with Gasteiger partial charge in [-0.25, -0.2) is 0 Å². The quantitative estimate of drug-likeness (QED) is 0.751. The molecule has 2 nitrogen and oxygen atoms in total. The Kier molecular flexibility index (Phi) is 2.33. The molecule has 1 aliphatic rings. The fourth-order valence-corrected chi connectivity index (χ4v) is 1.95. The van der Waals surface area contributed by atoms with Crippen LogP contribution in [-0.4, -0.2) is 5.11 Å². The zero-order valence-electron chi connectivity index (χ0n) is 8.53. The monoisotopic (exact) mass is 191 g/mol. The van der Waals surface area contributed by atoms with Gasteiger partial charge in [-0.3, -0.25) is 0 Å². The van der Waals surface area contributed by atoms with E-state index in [1.807, 2.05) is 18.2 Å². The van der Waals surface area contributed by atoms with Gasteiger partial charge in [0.25, 0.3) is 0 Å². The average Bonchev–Trinajstić information content (AvgIpc) is 2.14. The molecule has 1 aliphatic carbocycles. The van der Waals surface area contributed by atoms with Crippen LogP contribution in [0.25, 0.3) is 0 Å². The number of hydrogen-bond donors (Lipinski definition) is 2. The molecule has 1 aromatic carbocycles. The molecule has 14 heavy (non-hydrogen) atoms.